The van der Waals surface area contributed by atoms with Crippen molar-refractivity contribution < 1.29 is 5.11 Å². The highest BCUT2D eigenvalue weighted by Crippen LogP contribution is 2.73. The van der Waals surface area contributed by atoms with Gasteiger partial charge in [0.15, 0.2) is 0 Å². The maximum absolute atomic E-state index is 11.8. The van der Waals surface area contributed by atoms with Crippen LogP contribution in [0.3, 0.4) is 0 Å². The van der Waals surface area contributed by atoms with Crippen molar-refractivity contribution in [2.75, 3.05) is 0 Å². The highest BCUT2D eigenvalue weighted by Gasteiger charge is 2.68. The summed E-state index contributed by atoms with van der Waals surface area (Å²) in [5, 5.41) is 11.8. The van der Waals surface area contributed by atoms with E-state index >= 15 is 0 Å². The molecule has 0 spiro atoms. The van der Waals surface area contributed by atoms with E-state index in [1.807, 2.05) is 41.5 Å². The minimum Gasteiger partial charge on any atom is -0.393 e. The predicted molar refractivity (Wildman–Crippen MR) is 176 cm³/mol. The number of aliphatic hydroxyl groups is 1. The number of fused-ring (bicyclic) bond motifs is 5. The Hall–Kier alpha value is -0.300. The summed E-state index contributed by atoms with van der Waals surface area (Å²) in [5.74, 6) is 4.95. The largest absolute Gasteiger partial charge is 0.393 e. The molecule has 4 fully saturated rings. The standard InChI is InChI=1S/C32H56O.3C2H6/c1-20(2)12-11-16-29(5,6)23-13-14-24-27(23)25(33)18-26-31(9)17-15-22(4)30(7,8)28(31)21(3)19-32(24,26)10;3*1-2/h12,21-28,33H,11,13-19H2,1-10H3;3*1-2H3/t21-,22-,23?,24?,25+,26?,27?,28?,31+,32-;;;/m0.../s1. The van der Waals surface area contributed by atoms with Gasteiger partial charge in [-0.05, 0) is 128 Å². The molecule has 1 nitrogen and oxygen atoms in total. The van der Waals surface area contributed by atoms with Crippen LogP contribution in [0.2, 0.25) is 0 Å². The monoisotopic (exact) mass is 547 g/mol. The summed E-state index contributed by atoms with van der Waals surface area (Å²) in [7, 11) is 0. The first-order valence-corrected chi connectivity index (χ1v) is 17.5. The van der Waals surface area contributed by atoms with Crippen LogP contribution in [0.5, 0.6) is 0 Å². The molecule has 4 aliphatic carbocycles. The third-order valence-corrected chi connectivity index (χ3v) is 12.7. The molecule has 232 valence electrons. The van der Waals surface area contributed by atoms with Gasteiger partial charge in [0.2, 0.25) is 0 Å². The van der Waals surface area contributed by atoms with Crippen LogP contribution in [0.1, 0.15) is 162 Å². The zero-order valence-corrected chi connectivity index (χ0v) is 29.8. The minimum absolute atomic E-state index is 0.100. The highest BCUT2D eigenvalue weighted by molar-refractivity contribution is 5.16. The van der Waals surface area contributed by atoms with E-state index in [9.17, 15) is 5.11 Å². The van der Waals surface area contributed by atoms with E-state index in [1.165, 1.54) is 50.5 Å². The smallest absolute Gasteiger partial charge is 0.0577 e. The van der Waals surface area contributed by atoms with E-state index in [2.05, 4.69) is 75.3 Å². The van der Waals surface area contributed by atoms with E-state index in [4.69, 9.17) is 0 Å². The molecule has 0 amide bonds. The molecule has 0 aromatic carbocycles. The summed E-state index contributed by atoms with van der Waals surface area (Å²) in [6.45, 7) is 37.0. The van der Waals surface area contributed by atoms with Crippen molar-refractivity contribution in [3.05, 3.63) is 11.6 Å². The SMILES string of the molecule is CC.CC.CC.CC(C)=CCCC(C)(C)C1CCC2C1[C@H](O)CC1[C@@]2(C)C[C@H](C)C2C(C)(C)[C@@H](C)CC[C@@]21C. The van der Waals surface area contributed by atoms with E-state index in [-0.39, 0.29) is 6.10 Å². The number of hydrogen-bond acceptors (Lipinski definition) is 1. The summed E-state index contributed by atoms with van der Waals surface area (Å²) >= 11 is 0. The molecule has 4 saturated carbocycles. The van der Waals surface area contributed by atoms with Crippen LogP contribution >= 0.6 is 0 Å². The second kappa shape index (κ2) is 14.2. The molecule has 1 heteroatoms. The van der Waals surface area contributed by atoms with E-state index in [0.29, 0.717) is 45.3 Å². The van der Waals surface area contributed by atoms with E-state index < -0.39 is 0 Å². The van der Waals surface area contributed by atoms with Crippen LogP contribution in [0, 0.1) is 63.1 Å². The number of allylic oxidation sites excluding steroid dienone is 2. The molecule has 0 aromatic heterocycles. The lowest BCUT2D eigenvalue weighted by Gasteiger charge is -2.70. The lowest BCUT2D eigenvalue weighted by atomic mass is 9.35. The highest BCUT2D eigenvalue weighted by atomic mass is 16.3. The van der Waals surface area contributed by atoms with Crippen molar-refractivity contribution in [3.8, 4) is 0 Å². The first kappa shape index (κ1) is 36.7. The number of aliphatic hydroxyl groups excluding tert-OH is 1. The van der Waals surface area contributed by atoms with Gasteiger partial charge in [0.25, 0.3) is 0 Å². The maximum atomic E-state index is 11.8. The summed E-state index contributed by atoms with van der Waals surface area (Å²) in [6, 6.07) is 0. The van der Waals surface area contributed by atoms with Gasteiger partial charge in [-0.25, -0.2) is 0 Å². The Morgan fingerprint density at radius 3 is 1.97 bits per heavy atom. The zero-order valence-electron chi connectivity index (χ0n) is 29.8. The Morgan fingerprint density at radius 1 is 0.872 bits per heavy atom. The third kappa shape index (κ3) is 6.70. The van der Waals surface area contributed by atoms with Gasteiger partial charge in [-0.15, -0.1) is 0 Å². The maximum Gasteiger partial charge on any atom is 0.0577 e. The topological polar surface area (TPSA) is 20.2 Å². The molecule has 5 unspecified atom stereocenters. The molecule has 10 atom stereocenters. The van der Waals surface area contributed by atoms with E-state index in [0.717, 1.165) is 24.2 Å². The molecule has 0 bridgehead atoms. The van der Waals surface area contributed by atoms with Gasteiger partial charge < -0.3 is 5.11 Å². The summed E-state index contributed by atoms with van der Waals surface area (Å²) in [4.78, 5) is 0. The molecule has 39 heavy (non-hydrogen) atoms. The van der Waals surface area contributed by atoms with E-state index in [1.54, 1.807) is 0 Å². The Labute approximate surface area is 247 Å². The molecule has 0 radical (unpaired) electrons. The van der Waals surface area contributed by atoms with Gasteiger partial charge >= 0.3 is 0 Å². The van der Waals surface area contributed by atoms with Crippen LogP contribution in [0.25, 0.3) is 0 Å². The van der Waals surface area contributed by atoms with Gasteiger partial charge in [-0.3, -0.25) is 0 Å². The molecule has 4 aliphatic rings. The van der Waals surface area contributed by atoms with Crippen LogP contribution in [0.15, 0.2) is 11.6 Å². The molecule has 0 aliphatic heterocycles. The fraction of sp³-hybridized carbons (Fsp3) is 0.947. The van der Waals surface area contributed by atoms with Crippen LogP contribution in [0.4, 0.5) is 0 Å². The lowest BCUT2D eigenvalue weighted by Crippen LogP contribution is -2.64. The van der Waals surface area contributed by atoms with Crippen LogP contribution in [-0.2, 0) is 0 Å². The molecule has 0 aromatic rings. The minimum atomic E-state index is -0.100. The predicted octanol–water partition coefficient (Wildman–Crippen LogP) is 12.0. The van der Waals surface area contributed by atoms with Crippen molar-refractivity contribution in [1.29, 1.82) is 0 Å². The quantitative estimate of drug-likeness (QED) is 0.348. The molecule has 0 saturated heterocycles. The Bertz CT molecular complexity index is 757. The fourth-order valence-corrected chi connectivity index (χ4v) is 11.2. The van der Waals surface area contributed by atoms with Crippen molar-refractivity contribution in [2.24, 2.45) is 63.1 Å². The van der Waals surface area contributed by atoms with Crippen molar-refractivity contribution in [2.45, 2.75) is 168 Å². The van der Waals surface area contributed by atoms with Crippen molar-refractivity contribution in [1.82, 2.24) is 0 Å². The van der Waals surface area contributed by atoms with Gasteiger partial charge in [0.1, 0.15) is 0 Å². The average molecular weight is 547 g/mol. The molecule has 1 N–H and O–H groups in total. The van der Waals surface area contributed by atoms with Gasteiger partial charge in [-0.1, -0.05) is 109 Å². The Kier molecular flexibility index (Phi) is 13.4. The zero-order chi connectivity index (χ0) is 30.6. The number of hydrogen-bond donors (Lipinski definition) is 1. The van der Waals surface area contributed by atoms with Gasteiger partial charge in [-0.2, -0.15) is 0 Å². The molecule has 0 heterocycles. The van der Waals surface area contributed by atoms with Crippen molar-refractivity contribution in [3.63, 3.8) is 0 Å². The lowest BCUT2D eigenvalue weighted by molar-refractivity contribution is -0.226. The summed E-state index contributed by atoms with van der Waals surface area (Å²) in [6.07, 6.45) is 12.6. The fourth-order valence-electron chi connectivity index (χ4n) is 11.2. The van der Waals surface area contributed by atoms with Gasteiger partial charge in [0.05, 0.1) is 6.10 Å². The first-order valence-electron chi connectivity index (χ1n) is 17.5. The summed E-state index contributed by atoms with van der Waals surface area (Å²) < 4.78 is 0. The number of rotatable bonds is 4. The third-order valence-electron chi connectivity index (χ3n) is 12.7. The summed E-state index contributed by atoms with van der Waals surface area (Å²) in [5.41, 5.74) is 2.93. The second-order valence-corrected chi connectivity index (χ2v) is 15.5. The molecule has 4 rings (SSSR count). The normalized spacial score (nSPS) is 42.0. The van der Waals surface area contributed by atoms with Crippen LogP contribution < -0.4 is 0 Å². The molecular formula is C38H74O. The Morgan fingerprint density at radius 2 is 1.44 bits per heavy atom. The molecular weight excluding hydrogens is 472 g/mol. The van der Waals surface area contributed by atoms with Crippen LogP contribution in [-0.4, -0.2) is 11.2 Å². The van der Waals surface area contributed by atoms with Crippen molar-refractivity contribution >= 4 is 0 Å². The van der Waals surface area contributed by atoms with Gasteiger partial charge in [0, 0.05) is 0 Å². The first-order chi connectivity index (χ1) is 18.2. The second-order valence-electron chi connectivity index (χ2n) is 15.5. The average Bonchev–Trinajstić information content (AvgIpc) is 3.35. The Balaban J connectivity index is 0.00000119.